The molecule has 0 saturated carbocycles. The smallest absolute Gasteiger partial charge is 0.306 e. The molecule has 0 fully saturated rings. The van der Waals surface area contributed by atoms with Crippen molar-refractivity contribution in [2.75, 3.05) is 0 Å². The third-order valence-corrected chi connectivity index (χ3v) is 5.05. The molecule has 0 bridgehead atoms. The van der Waals surface area contributed by atoms with Gasteiger partial charge in [0, 0.05) is 19.0 Å². The standard InChI is InChI=1S/C28H28N2O4/c31-26(18-16-22-10-4-1-5-11-22)30-25(28(33)29-20-23-12-6-2-7-13-23)17-19-27(32)34-21-24-14-8-3-9-15-24/h1-16,18,25H,17,19-21H2,(H,29,33)(H,30,31)/b18-16+/t25-/m1/s1. The third kappa shape index (κ3) is 8.74. The lowest BCUT2D eigenvalue weighted by Gasteiger charge is -2.17. The first-order valence-electron chi connectivity index (χ1n) is 11.1. The van der Waals surface area contributed by atoms with Gasteiger partial charge in [-0.05, 0) is 29.2 Å². The zero-order valence-electron chi connectivity index (χ0n) is 18.9. The fraction of sp³-hybridized carbons (Fsp3) is 0.179. The zero-order valence-corrected chi connectivity index (χ0v) is 18.9. The minimum atomic E-state index is -0.874. The summed E-state index contributed by atoms with van der Waals surface area (Å²) in [5, 5.41) is 5.54. The van der Waals surface area contributed by atoms with Crippen molar-refractivity contribution < 1.29 is 19.1 Å². The molecule has 0 aliphatic heterocycles. The summed E-state index contributed by atoms with van der Waals surface area (Å²) < 4.78 is 5.30. The Labute approximate surface area is 199 Å². The highest BCUT2D eigenvalue weighted by molar-refractivity contribution is 5.95. The van der Waals surface area contributed by atoms with E-state index in [0.717, 1.165) is 16.7 Å². The summed E-state index contributed by atoms with van der Waals surface area (Å²) in [7, 11) is 0. The van der Waals surface area contributed by atoms with Crippen LogP contribution in [-0.2, 0) is 32.3 Å². The molecule has 3 rings (SSSR count). The van der Waals surface area contributed by atoms with Crippen molar-refractivity contribution in [1.82, 2.24) is 10.6 Å². The molecule has 0 aliphatic carbocycles. The maximum absolute atomic E-state index is 12.8. The highest BCUT2D eigenvalue weighted by Crippen LogP contribution is 2.07. The second-order valence-corrected chi connectivity index (χ2v) is 7.69. The maximum atomic E-state index is 12.8. The Balaban J connectivity index is 1.56. The molecule has 0 saturated heterocycles. The van der Waals surface area contributed by atoms with Crippen LogP contribution in [-0.4, -0.2) is 23.8 Å². The molecule has 0 aromatic heterocycles. The zero-order chi connectivity index (χ0) is 24.0. The van der Waals surface area contributed by atoms with Gasteiger partial charge in [-0.1, -0.05) is 91.0 Å². The Morgan fingerprint density at radius 3 is 2.03 bits per heavy atom. The average Bonchev–Trinajstić information content (AvgIpc) is 2.89. The normalized spacial score (nSPS) is 11.5. The molecule has 6 heteroatoms. The van der Waals surface area contributed by atoms with Crippen molar-refractivity contribution in [2.45, 2.75) is 32.0 Å². The van der Waals surface area contributed by atoms with Gasteiger partial charge in [0.2, 0.25) is 11.8 Å². The molecule has 3 aromatic carbocycles. The van der Waals surface area contributed by atoms with Gasteiger partial charge in [0.25, 0.3) is 0 Å². The first-order chi connectivity index (χ1) is 16.6. The fourth-order valence-electron chi connectivity index (χ4n) is 3.21. The van der Waals surface area contributed by atoms with Gasteiger partial charge in [-0.3, -0.25) is 14.4 Å². The molecule has 2 amide bonds. The van der Waals surface area contributed by atoms with Gasteiger partial charge in [0.1, 0.15) is 12.6 Å². The van der Waals surface area contributed by atoms with E-state index in [1.54, 1.807) is 6.08 Å². The number of hydrogen-bond acceptors (Lipinski definition) is 4. The summed E-state index contributed by atoms with van der Waals surface area (Å²) in [6.45, 7) is 0.487. The van der Waals surface area contributed by atoms with E-state index in [1.165, 1.54) is 6.08 Å². The van der Waals surface area contributed by atoms with Gasteiger partial charge in [-0.15, -0.1) is 0 Å². The highest BCUT2D eigenvalue weighted by atomic mass is 16.5. The molecule has 2 N–H and O–H groups in total. The Morgan fingerprint density at radius 2 is 1.38 bits per heavy atom. The number of benzene rings is 3. The molecule has 0 unspecified atom stereocenters. The van der Waals surface area contributed by atoms with Gasteiger partial charge in [0.05, 0.1) is 0 Å². The molecule has 34 heavy (non-hydrogen) atoms. The molecule has 0 aliphatic rings. The summed E-state index contributed by atoms with van der Waals surface area (Å²) in [6, 6.07) is 27.3. The van der Waals surface area contributed by atoms with Crippen molar-refractivity contribution in [3.8, 4) is 0 Å². The number of nitrogens with one attached hydrogen (secondary N) is 2. The highest BCUT2D eigenvalue weighted by Gasteiger charge is 2.21. The SMILES string of the molecule is O=C(/C=C/c1ccccc1)N[C@H](CCC(=O)OCc1ccccc1)C(=O)NCc1ccccc1. The average molecular weight is 457 g/mol. The number of hydrogen-bond donors (Lipinski definition) is 2. The lowest BCUT2D eigenvalue weighted by Crippen LogP contribution is -2.46. The number of esters is 1. The summed E-state index contributed by atoms with van der Waals surface area (Å²) in [6.07, 6.45) is 3.17. The van der Waals surface area contributed by atoms with Gasteiger partial charge >= 0.3 is 5.97 Å². The van der Waals surface area contributed by atoms with E-state index in [9.17, 15) is 14.4 Å². The van der Waals surface area contributed by atoms with Crippen LogP contribution in [0.25, 0.3) is 6.08 Å². The minimum absolute atomic E-state index is 0.00105. The van der Waals surface area contributed by atoms with Crippen LogP contribution in [0.4, 0.5) is 0 Å². The lowest BCUT2D eigenvalue weighted by molar-refractivity contribution is -0.145. The van der Waals surface area contributed by atoms with Crippen molar-refractivity contribution in [3.63, 3.8) is 0 Å². The van der Waals surface area contributed by atoms with E-state index in [1.807, 2.05) is 91.0 Å². The van der Waals surface area contributed by atoms with Gasteiger partial charge in [0.15, 0.2) is 0 Å². The van der Waals surface area contributed by atoms with Crippen LogP contribution in [0.3, 0.4) is 0 Å². The summed E-state index contributed by atoms with van der Waals surface area (Å²) in [4.78, 5) is 37.5. The summed E-state index contributed by atoms with van der Waals surface area (Å²) in [5.41, 5.74) is 2.69. The van der Waals surface area contributed by atoms with Crippen molar-refractivity contribution in [1.29, 1.82) is 0 Å². The first kappa shape index (κ1) is 24.5. The Bertz CT molecular complexity index is 1080. The topological polar surface area (TPSA) is 84.5 Å². The van der Waals surface area contributed by atoms with Crippen molar-refractivity contribution in [2.24, 2.45) is 0 Å². The fourth-order valence-corrected chi connectivity index (χ4v) is 3.21. The predicted octanol–water partition coefficient (Wildman–Crippen LogP) is 4.02. The van der Waals surface area contributed by atoms with Crippen LogP contribution in [0.15, 0.2) is 97.1 Å². The second kappa shape index (κ2) is 13.4. The van der Waals surface area contributed by atoms with Crippen LogP contribution in [0, 0.1) is 0 Å². The molecule has 1 atom stereocenters. The third-order valence-electron chi connectivity index (χ3n) is 5.05. The predicted molar refractivity (Wildman–Crippen MR) is 131 cm³/mol. The summed E-state index contributed by atoms with van der Waals surface area (Å²) >= 11 is 0. The lowest BCUT2D eigenvalue weighted by atomic mass is 10.1. The quantitative estimate of drug-likeness (QED) is 0.337. The molecule has 0 spiro atoms. The molecule has 6 nitrogen and oxygen atoms in total. The van der Waals surface area contributed by atoms with E-state index in [0.29, 0.717) is 6.54 Å². The molecule has 0 radical (unpaired) electrons. The number of rotatable bonds is 11. The Hall–Kier alpha value is -4.19. The van der Waals surface area contributed by atoms with E-state index in [-0.39, 0.29) is 25.4 Å². The number of amides is 2. The number of carbonyl (C=O) groups is 3. The number of carbonyl (C=O) groups excluding carboxylic acids is 3. The maximum Gasteiger partial charge on any atom is 0.306 e. The van der Waals surface area contributed by atoms with E-state index < -0.39 is 17.9 Å². The monoisotopic (exact) mass is 456 g/mol. The van der Waals surface area contributed by atoms with Crippen LogP contribution >= 0.6 is 0 Å². The van der Waals surface area contributed by atoms with Gasteiger partial charge in [-0.2, -0.15) is 0 Å². The van der Waals surface area contributed by atoms with Crippen molar-refractivity contribution >= 4 is 23.9 Å². The first-order valence-corrected chi connectivity index (χ1v) is 11.1. The summed E-state index contributed by atoms with van der Waals surface area (Å²) in [5.74, 6) is -1.21. The largest absolute Gasteiger partial charge is 0.461 e. The number of ether oxygens (including phenoxy) is 1. The molecule has 0 heterocycles. The molecule has 3 aromatic rings. The Morgan fingerprint density at radius 1 is 0.794 bits per heavy atom. The molecular formula is C28H28N2O4. The minimum Gasteiger partial charge on any atom is -0.461 e. The van der Waals surface area contributed by atoms with E-state index in [2.05, 4.69) is 10.6 Å². The Kier molecular flexibility index (Phi) is 9.62. The molecule has 174 valence electrons. The van der Waals surface area contributed by atoms with E-state index in [4.69, 9.17) is 4.74 Å². The second-order valence-electron chi connectivity index (χ2n) is 7.69. The van der Waals surface area contributed by atoms with E-state index >= 15 is 0 Å². The van der Waals surface area contributed by atoms with Crippen LogP contribution < -0.4 is 10.6 Å². The van der Waals surface area contributed by atoms with Crippen LogP contribution in [0.5, 0.6) is 0 Å². The van der Waals surface area contributed by atoms with Crippen LogP contribution in [0.1, 0.15) is 29.5 Å². The van der Waals surface area contributed by atoms with Crippen molar-refractivity contribution in [3.05, 3.63) is 114 Å². The molecular weight excluding hydrogens is 428 g/mol. The van der Waals surface area contributed by atoms with Crippen LogP contribution in [0.2, 0.25) is 0 Å². The van der Waals surface area contributed by atoms with Gasteiger partial charge < -0.3 is 15.4 Å². The van der Waals surface area contributed by atoms with Gasteiger partial charge in [-0.25, -0.2) is 0 Å².